The van der Waals surface area contributed by atoms with E-state index in [1.165, 1.54) is 23.9 Å². The summed E-state index contributed by atoms with van der Waals surface area (Å²) >= 11 is 1.29. The fourth-order valence-electron chi connectivity index (χ4n) is 3.49. The molecule has 0 aromatic heterocycles. The van der Waals surface area contributed by atoms with E-state index < -0.39 is 4.92 Å². The van der Waals surface area contributed by atoms with Gasteiger partial charge < -0.3 is 4.90 Å². The molecule has 1 saturated heterocycles. The van der Waals surface area contributed by atoms with Crippen LogP contribution in [0, 0.1) is 21.8 Å². The fourth-order valence-corrected chi connectivity index (χ4v) is 4.03. The Morgan fingerprint density at radius 1 is 1.26 bits per heavy atom. The van der Waals surface area contributed by atoms with Crippen LogP contribution in [0.1, 0.15) is 28.8 Å². The van der Waals surface area contributed by atoms with Crippen molar-refractivity contribution in [1.29, 1.82) is 0 Å². The van der Waals surface area contributed by atoms with Crippen molar-refractivity contribution in [2.24, 2.45) is 5.92 Å². The summed E-state index contributed by atoms with van der Waals surface area (Å²) in [5.74, 6) is 0.00871. The van der Waals surface area contributed by atoms with Crippen molar-refractivity contribution in [2.75, 3.05) is 19.3 Å². The number of carbonyl (C=O) groups excluding carboxylic acids is 1. The highest BCUT2D eigenvalue weighted by molar-refractivity contribution is 7.98. The quantitative estimate of drug-likeness (QED) is 0.428. The van der Waals surface area contributed by atoms with Gasteiger partial charge in [0.05, 0.1) is 9.82 Å². The lowest BCUT2D eigenvalue weighted by molar-refractivity contribution is -0.387. The summed E-state index contributed by atoms with van der Waals surface area (Å²) in [6, 6.07) is 11.3. The second kappa shape index (κ2) is 8.52. The van der Waals surface area contributed by atoms with Gasteiger partial charge in [0.1, 0.15) is 5.82 Å². The van der Waals surface area contributed by atoms with Gasteiger partial charge in [-0.2, -0.15) is 0 Å². The van der Waals surface area contributed by atoms with Crippen molar-refractivity contribution in [3.8, 4) is 0 Å². The highest BCUT2D eigenvalue weighted by atomic mass is 32.2. The molecule has 0 radical (unpaired) electrons. The second-order valence-electron chi connectivity index (χ2n) is 6.71. The van der Waals surface area contributed by atoms with E-state index in [9.17, 15) is 19.3 Å². The van der Waals surface area contributed by atoms with Crippen LogP contribution in [0.4, 0.5) is 10.1 Å². The van der Waals surface area contributed by atoms with E-state index in [1.807, 2.05) is 6.07 Å². The number of thioether (sulfide) groups is 1. The van der Waals surface area contributed by atoms with E-state index >= 15 is 0 Å². The van der Waals surface area contributed by atoms with E-state index in [0.29, 0.717) is 29.5 Å². The monoisotopic (exact) mass is 388 g/mol. The smallest absolute Gasteiger partial charge is 0.283 e. The fraction of sp³-hybridized carbons (Fsp3) is 0.350. The van der Waals surface area contributed by atoms with E-state index in [0.717, 1.165) is 24.8 Å². The molecule has 5 nitrogen and oxygen atoms in total. The molecule has 0 aliphatic carbocycles. The number of likely N-dealkylation sites (tertiary alicyclic amines) is 1. The number of hydrogen-bond donors (Lipinski definition) is 0. The van der Waals surface area contributed by atoms with Gasteiger partial charge in [0.2, 0.25) is 0 Å². The maximum Gasteiger partial charge on any atom is 0.283 e. The van der Waals surface area contributed by atoms with Gasteiger partial charge in [-0.25, -0.2) is 4.39 Å². The molecule has 0 N–H and O–H groups in total. The number of benzene rings is 2. The summed E-state index contributed by atoms with van der Waals surface area (Å²) in [6.45, 7) is 1.22. The number of nitro groups is 1. The molecule has 0 spiro atoms. The lowest BCUT2D eigenvalue weighted by atomic mass is 9.90. The van der Waals surface area contributed by atoms with Gasteiger partial charge in [-0.05, 0) is 61.3 Å². The van der Waals surface area contributed by atoms with Gasteiger partial charge in [0.15, 0.2) is 0 Å². The Morgan fingerprint density at radius 2 is 2.00 bits per heavy atom. The Hall–Kier alpha value is -2.41. The molecule has 2 aromatic carbocycles. The Kier molecular flexibility index (Phi) is 6.11. The van der Waals surface area contributed by atoms with Gasteiger partial charge in [-0.3, -0.25) is 14.9 Å². The molecule has 0 unspecified atom stereocenters. The summed E-state index contributed by atoms with van der Waals surface area (Å²) < 4.78 is 13.3. The first-order chi connectivity index (χ1) is 13.0. The van der Waals surface area contributed by atoms with Crippen LogP contribution in [0.2, 0.25) is 0 Å². The van der Waals surface area contributed by atoms with Crippen molar-refractivity contribution < 1.29 is 14.1 Å². The third kappa shape index (κ3) is 4.66. The average molecular weight is 388 g/mol. The molecule has 1 fully saturated rings. The number of nitro benzene ring substituents is 1. The summed E-state index contributed by atoms with van der Waals surface area (Å²) in [4.78, 5) is 25.8. The molecule has 142 valence electrons. The minimum atomic E-state index is -0.451. The molecule has 0 saturated carbocycles. The largest absolute Gasteiger partial charge is 0.339 e. The lowest BCUT2D eigenvalue weighted by Gasteiger charge is -2.32. The normalized spacial score (nSPS) is 15.0. The standard InChI is InChI=1S/C20H21FN2O3S/c1-27-19-6-5-16(13-18(19)23(25)26)20(24)22-9-7-14(8-10-22)11-15-3-2-4-17(21)12-15/h2-6,12-14H,7-11H2,1H3. The minimum absolute atomic E-state index is 0.0330. The lowest BCUT2D eigenvalue weighted by Crippen LogP contribution is -2.38. The summed E-state index contributed by atoms with van der Waals surface area (Å²) in [6.07, 6.45) is 4.25. The summed E-state index contributed by atoms with van der Waals surface area (Å²) in [7, 11) is 0. The Bertz CT molecular complexity index is 851. The van der Waals surface area contributed by atoms with Crippen molar-refractivity contribution >= 4 is 23.4 Å². The van der Waals surface area contributed by atoms with Crippen LogP contribution in [0.15, 0.2) is 47.4 Å². The topological polar surface area (TPSA) is 63.5 Å². The molecule has 1 aliphatic rings. The summed E-state index contributed by atoms with van der Waals surface area (Å²) in [5, 5.41) is 11.2. The van der Waals surface area contributed by atoms with E-state index in [4.69, 9.17) is 0 Å². The first kappa shape index (κ1) is 19.4. The van der Waals surface area contributed by atoms with Crippen molar-refractivity contribution in [1.82, 2.24) is 4.90 Å². The zero-order chi connectivity index (χ0) is 19.4. The Morgan fingerprint density at radius 3 is 2.63 bits per heavy atom. The van der Waals surface area contributed by atoms with Crippen LogP contribution in [-0.4, -0.2) is 35.1 Å². The van der Waals surface area contributed by atoms with E-state index in [-0.39, 0.29) is 17.4 Å². The molecule has 0 atom stereocenters. The Labute approximate surface area is 161 Å². The van der Waals surface area contributed by atoms with Crippen molar-refractivity contribution in [3.63, 3.8) is 0 Å². The van der Waals surface area contributed by atoms with Crippen LogP contribution in [0.25, 0.3) is 0 Å². The van der Waals surface area contributed by atoms with Crippen molar-refractivity contribution in [3.05, 3.63) is 69.5 Å². The van der Waals surface area contributed by atoms with Gasteiger partial charge in [0.25, 0.3) is 11.6 Å². The van der Waals surface area contributed by atoms with E-state index in [1.54, 1.807) is 35.4 Å². The maximum absolute atomic E-state index is 13.3. The molecular weight excluding hydrogens is 367 g/mol. The summed E-state index contributed by atoms with van der Waals surface area (Å²) in [5.41, 5.74) is 1.29. The molecule has 0 bridgehead atoms. The van der Waals surface area contributed by atoms with Crippen LogP contribution < -0.4 is 0 Å². The average Bonchev–Trinajstić information content (AvgIpc) is 2.67. The van der Waals surface area contributed by atoms with Gasteiger partial charge >= 0.3 is 0 Å². The molecule has 3 rings (SSSR count). The first-order valence-electron chi connectivity index (χ1n) is 8.84. The maximum atomic E-state index is 13.3. The predicted octanol–water partition coefficient (Wildman–Crippen LogP) is 4.55. The zero-order valence-electron chi connectivity index (χ0n) is 15.1. The highest BCUT2D eigenvalue weighted by Gasteiger charge is 2.25. The second-order valence-corrected chi connectivity index (χ2v) is 7.56. The molecule has 2 aromatic rings. The number of nitrogens with zero attached hydrogens (tertiary/aromatic N) is 2. The zero-order valence-corrected chi connectivity index (χ0v) is 15.9. The van der Waals surface area contributed by atoms with E-state index in [2.05, 4.69) is 0 Å². The predicted molar refractivity (Wildman–Crippen MR) is 104 cm³/mol. The highest BCUT2D eigenvalue weighted by Crippen LogP contribution is 2.29. The van der Waals surface area contributed by atoms with Crippen LogP contribution >= 0.6 is 11.8 Å². The SMILES string of the molecule is CSc1ccc(C(=O)N2CCC(Cc3cccc(F)c3)CC2)cc1[N+](=O)[O-]. The third-order valence-electron chi connectivity index (χ3n) is 4.94. The van der Waals surface area contributed by atoms with Crippen LogP contribution in [0.3, 0.4) is 0 Å². The first-order valence-corrected chi connectivity index (χ1v) is 10.1. The number of carbonyl (C=O) groups is 1. The van der Waals surface area contributed by atoms with Crippen LogP contribution in [0.5, 0.6) is 0 Å². The van der Waals surface area contributed by atoms with Gasteiger partial charge in [-0.1, -0.05) is 12.1 Å². The molecule has 1 amide bonds. The third-order valence-corrected chi connectivity index (χ3v) is 5.72. The number of rotatable bonds is 5. The Balaban J connectivity index is 1.63. The molecule has 1 aliphatic heterocycles. The minimum Gasteiger partial charge on any atom is -0.339 e. The molecular formula is C20H21FN2O3S. The van der Waals surface area contributed by atoms with Crippen LogP contribution in [-0.2, 0) is 6.42 Å². The van der Waals surface area contributed by atoms with Gasteiger partial charge in [-0.15, -0.1) is 11.8 Å². The molecule has 7 heteroatoms. The van der Waals surface area contributed by atoms with Crippen molar-refractivity contribution in [2.45, 2.75) is 24.2 Å². The number of amides is 1. The molecule has 1 heterocycles. The number of piperidine rings is 1. The molecule has 27 heavy (non-hydrogen) atoms. The van der Waals surface area contributed by atoms with Gasteiger partial charge in [0, 0.05) is 24.7 Å². The number of halogens is 1. The number of hydrogen-bond acceptors (Lipinski definition) is 4.